The van der Waals surface area contributed by atoms with E-state index < -0.39 is 0 Å². The third-order valence-corrected chi connectivity index (χ3v) is 5.92. The first-order chi connectivity index (χ1) is 16.2. The average Bonchev–Trinajstić information content (AvgIpc) is 2.86. The van der Waals surface area contributed by atoms with Gasteiger partial charge in [0.15, 0.2) is 5.75 Å². The molecule has 0 radical (unpaired) electrons. The van der Waals surface area contributed by atoms with E-state index in [1.54, 1.807) is 0 Å². The minimum absolute atomic E-state index is 0.687. The van der Waals surface area contributed by atoms with E-state index in [2.05, 4.69) is 62.4 Å². The Kier molecular flexibility index (Phi) is 8.07. The van der Waals surface area contributed by atoms with Crippen LogP contribution >= 0.6 is 12.0 Å². The molecule has 0 aromatic heterocycles. The number of hydrogen-bond acceptors (Lipinski definition) is 4. The number of benzene rings is 4. The van der Waals surface area contributed by atoms with Crippen LogP contribution in [0, 0.1) is 6.92 Å². The molecule has 0 saturated heterocycles. The van der Waals surface area contributed by atoms with Crippen molar-refractivity contribution in [3.8, 4) is 28.4 Å². The molecule has 0 amide bonds. The molecule has 0 unspecified atom stereocenters. The lowest BCUT2D eigenvalue weighted by molar-refractivity contribution is -0.0776. The molecule has 4 aromatic rings. The zero-order valence-corrected chi connectivity index (χ0v) is 19.8. The van der Waals surface area contributed by atoms with Crippen LogP contribution in [0.4, 0.5) is 0 Å². The number of ether oxygens (including phenoxy) is 1. The van der Waals surface area contributed by atoms with Gasteiger partial charge in [0, 0.05) is 17.8 Å². The summed E-state index contributed by atoms with van der Waals surface area (Å²) < 4.78 is 11.2. The Labute approximate surface area is 200 Å². The van der Waals surface area contributed by atoms with Crippen LogP contribution in [0.5, 0.6) is 17.2 Å². The average molecular weight is 457 g/mol. The van der Waals surface area contributed by atoms with E-state index in [9.17, 15) is 0 Å². The standard InChI is InChI=1S/C29H28O3S/c1-3-23-6-14-27(15-7-23)30-28-16-8-24(9-17-28)20-21-33-32-31-29-18-12-26(13-19-29)25-10-4-22(2)5-11-25/h4-19H,3,20-21H2,1-2H3. The molecule has 4 heteroatoms. The Morgan fingerprint density at radius 2 is 1.12 bits per heavy atom. The number of hydrogen-bond donors (Lipinski definition) is 0. The summed E-state index contributed by atoms with van der Waals surface area (Å²) in [5.74, 6) is 3.17. The molecule has 0 N–H and O–H groups in total. The van der Waals surface area contributed by atoms with E-state index in [0.29, 0.717) is 5.75 Å². The lowest BCUT2D eigenvalue weighted by Crippen LogP contribution is -1.94. The van der Waals surface area contributed by atoms with Crippen LogP contribution in [0.25, 0.3) is 11.1 Å². The molecule has 168 valence electrons. The van der Waals surface area contributed by atoms with Gasteiger partial charge in [-0.2, -0.15) is 0 Å². The highest BCUT2D eigenvalue weighted by atomic mass is 32.2. The minimum atomic E-state index is 0.687. The molecule has 0 aliphatic heterocycles. The van der Waals surface area contributed by atoms with Crippen molar-refractivity contribution >= 4 is 12.0 Å². The van der Waals surface area contributed by atoms with Gasteiger partial charge in [0.1, 0.15) is 11.5 Å². The van der Waals surface area contributed by atoms with Gasteiger partial charge in [0.25, 0.3) is 0 Å². The fourth-order valence-electron chi connectivity index (χ4n) is 3.36. The Hall–Kier alpha value is -3.21. The van der Waals surface area contributed by atoms with Gasteiger partial charge in [0.2, 0.25) is 0 Å². The van der Waals surface area contributed by atoms with Gasteiger partial charge in [0.05, 0.1) is 0 Å². The van der Waals surface area contributed by atoms with Crippen molar-refractivity contribution in [2.75, 3.05) is 5.75 Å². The van der Waals surface area contributed by atoms with Gasteiger partial charge in [-0.25, -0.2) is 0 Å². The second kappa shape index (κ2) is 11.6. The van der Waals surface area contributed by atoms with Crippen LogP contribution < -0.4 is 9.62 Å². The van der Waals surface area contributed by atoms with Crippen molar-refractivity contribution in [2.24, 2.45) is 0 Å². The second-order valence-corrected chi connectivity index (χ2v) is 8.64. The van der Waals surface area contributed by atoms with Gasteiger partial charge in [-0.15, -0.1) is 4.33 Å². The summed E-state index contributed by atoms with van der Waals surface area (Å²) >= 11 is 1.30. The molecule has 0 aliphatic carbocycles. The van der Waals surface area contributed by atoms with Crippen LogP contribution in [-0.4, -0.2) is 5.75 Å². The van der Waals surface area contributed by atoms with Gasteiger partial charge < -0.3 is 9.62 Å². The summed E-state index contributed by atoms with van der Waals surface area (Å²) in [7, 11) is 0. The second-order valence-electron chi connectivity index (χ2n) is 7.86. The van der Waals surface area contributed by atoms with Crippen LogP contribution in [0.3, 0.4) is 0 Å². The molecule has 3 nitrogen and oxygen atoms in total. The largest absolute Gasteiger partial charge is 0.457 e. The molecule has 0 saturated carbocycles. The monoisotopic (exact) mass is 456 g/mol. The summed E-state index contributed by atoms with van der Waals surface area (Å²) in [6.07, 6.45) is 1.91. The summed E-state index contributed by atoms with van der Waals surface area (Å²) in [6, 6.07) is 32.8. The highest BCUT2D eigenvalue weighted by Gasteiger charge is 2.02. The van der Waals surface area contributed by atoms with Crippen molar-refractivity contribution < 1.29 is 14.0 Å². The molecule has 33 heavy (non-hydrogen) atoms. The Morgan fingerprint density at radius 3 is 1.70 bits per heavy atom. The van der Waals surface area contributed by atoms with E-state index in [1.165, 1.54) is 34.3 Å². The Bertz CT molecular complexity index is 1120. The van der Waals surface area contributed by atoms with Gasteiger partial charge in [-0.1, -0.05) is 73.2 Å². The van der Waals surface area contributed by atoms with Crippen LogP contribution in [0.2, 0.25) is 0 Å². The summed E-state index contributed by atoms with van der Waals surface area (Å²) in [5.41, 5.74) is 6.13. The van der Waals surface area contributed by atoms with Crippen LogP contribution in [0.15, 0.2) is 97.1 Å². The Morgan fingerprint density at radius 1 is 0.606 bits per heavy atom. The molecule has 4 aromatic carbocycles. The minimum Gasteiger partial charge on any atom is -0.457 e. The molecule has 0 spiro atoms. The maximum absolute atomic E-state index is 5.92. The quantitative estimate of drug-likeness (QED) is 0.104. The summed E-state index contributed by atoms with van der Waals surface area (Å²) in [4.78, 5) is 5.40. The predicted molar refractivity (Wildman–Crippen MR) is 137 cm³/mol. The van der Waals surface area contributed by atoms with Crippen molar-refractivity contribution in [1.29, 1.82) is 0 Å². The van der Waals surface area contributed by atoms with Crippen molar-refractivity contribution in [3.05, 3.63) is 114 Å². The molecular formula is C29H28O3S. The molecule has 0 bridgehead atoms. The van der Waals surface area contributed by atoms with E-state index in [1.807, 2.05) is 48.5 Å². The smallest absolute Gasteiger partial charge is 0.166 e. The predicted octanol–water partition coefficient (Wildman–Crippen LogP) is 8.22. The molecule has 0 aliphatic rings. The first kappa shape index (κ1) is 23.0. The molecule has 4 rings (SSSR count). The van der Waals surface area contributed by atoms with Crippen molar-refractivity contribution in [1.82, 2.24) is 0 Å². The summed E-state index contributed by atoms with van der Waals surface area (Å²) in [6.45, 7) is 4.24. The third kappa shape index (κ3) is 6.88. The zero-order valence-electron chi connectivity index (χ0n) is 19.0. The van der Waals surface area contributed by atoms with E-state index in [-0.39, 0.29) is 0 Å². The first-order valence-electron chi connectivity index (χ1n) is 11.2. The fourth-order valence-corrected chi connectivity index (χ4v) is 3.87. The highest BCUT2D eigenvalue weighted by Crippen LogP contribution is 2.25. The van der Waals surface area contributed by atoms with Gasteiger partial charge in [-0.05, 0) is 78.4 Å². The lowest BCUT2D eigenvalue weighted by Gasteiger charge is -2.08. The van der Waals surface area contributed by atoms with Crippen molar-refractivity contribution in [2.45, 2.75) is 26.7 Å². The molecule has 0 fully saturated rings. The topological polar surface area (TPSA) is 27.7 Å². The van der Waals surface area contributed by atoms with Crippen LogP contribution in [0.1, 0.15) is 23.6 Å². The summed E-state index contributed by atoms with van der Waals surface area (Å²) in [5, 5.41) is 0. The maximum atomic E-state index is 5.92. The highest BCUT2D eigenvalue weighted by molar-refractivity contribution is 7.94. The maximum Gasteiger partial charge on any atom is 0.166 e. The first-order valence-corrected chi connectivity index (χ1v) is 12.1. The zero-order chi connectivity index (χ0) is 22.9. The van der Waals surface area contributed by atoms with E-state index in [0.717, 1.165) is 35.7 Å². The fraction of sp³-hybridized carbons (Fsp3) is 0.172. The SMILES string of the molecule is CCc1ccc(Oc2ccc(CCSOOc3ccc(-c4ccc(C)cc4)cc3)cc2)cc1. The molecular weight excluding hydrogens is 428 g/mol. The number of aryl methyl sites for hydroxylation is 3. The number of rotatable bonds is 10. The van der Waals surface area contributed by atoms with Crippen molar-refractivity contribution in [3.63, 3.8) is 0 Å². The van der Waals surface area contributed by atoms with Gasteiger partial charge in [-0.3, -0.25) is 0 Å². The van der Waals surface area contributed by atoms with E-state index in [4.69, 9.17) is 14.0 Å². The normalized spacial score (nSPS) is 10.7. The molecule has 0 atom stereocenters. The molecule has 0 heterocycles. The Balaban J connectivity index is 1.17. The van der Waals surface area contributed by atoms with Crippen LogP contribution in [-0.2, 0) is 17.2 Å². The lowest BCUT2D eigenvalue weighted by atomic mass is 10.0. The van der Waals surface area contributed by atoms with E-state index >= 15 is 0 Å². The van der Waals surface area contributed by atoms with Gasteiger partial charge >= 0.3 is 0 Å². The third-order valence-electron chi connectivity index (χ3n) is 5.38.